The van der Waals surface area contributed by atoms with E-state index in [0.29, 0.717) is 31.1 Å². The molecule has 2 heterocycles. The Morgan fingerprint density at radius 2 is 1.74 bits per heavy atom. The predicted octanol–water partition coefficient (Wildman–Crippen LogP) is 2.15. The number of rotatable bonds is 1. The van der Waals surface area contributed by atoms with Gasteiger partial charge in [-0.2, -0.15) is 0 Å². The Morgan fingerprint density at radius 3 is 2.26 bits per heavy atom. The van der Waals surface area contributed by atoms with Crippen LogP contribution in [0.25, 0.3) is 0 Å². The third kappa shape index (κ3) is 4.95. The molecule has 0 saturated carbocycles. The normalized spacial score (nSPS) is 15.3. The molecule has 1 aliphatic rings. The summed E-state index contributed by atoms with van der Waals surface area (Å²) in [6, 6.07) is 2.98. The highest BCUT2D eigenvalue weighted by molar-refractivity contribution is 7.12. The Kier molecular flexibility index (Phi) is 5.25. The monoisotopic (exact) mass is 339 g/mol. The van der Waals surface area contributed by atoms with Gasteiger partial charge in [0, 0.05) is 26.2 Å². The predicted molar refractivity (Wildman–Crippen MR) is 86.6 cm³/mol. The summed E-state index contributed by atoms with van der Waals surface area (Å²) in [6.07, 6.45) is -0.382. The molecular weight excluding hydrogens is 318 g/mol. The average Bonchev–Trinajstić information content (AvgIpc) is 3.00. The van der Waals surface area contributed by atoms with Crippen molar-refractivity contribution >= 4 is 29.4 Å². The summed E-state index contributed by atoms with van der Waals surface area (Å²) in [5.41, 5.74) is -0.543. The van der Waals surface area contributed by atoms with Crippen LogP contribution in [0.5, 0.6) is 0 Å². The fourth-order valence-electron chi connectivity index (χ4n) is 2.06. The molecule has 1 N–H and O–H groups in total. The Balaban J connectivity index is 1.81. The van der Waals surface area contributed by atoms with Gasteiger partial charge < -0.3 is 14.5 Å². The minimum absolute atomic E-state index is 0.364. The Morgan fingerprint density at radius 1 is 1.13 bits per heavy atom. The molecule has 0 spiro atoms. The third-order valence-corrected chi connectivity index (χ3v) is 4.05. The number of carbonyl (C=O) groups excluding carboxylic acids is 3. The molecule has 1 aromatic rings. The lowest BCUT2D eigenvalue weighted by atomic mass is 10.2. The lowest BCUT2D eigenvalue weighted by Gasteiger charge is -2.35. The number of hydrogen-bond acceptors (Lipinski definition) is 5. The van der Waals surface area contributed by atoms with Crippen LogP contribution in [0, 0.1) is 0 Å². The van der Waals surface area contributed by atoms with E-state index >= 15 is 0 Å². The molecule has 0 unspecified atom stereocenters. The van der Waals surface area contributed by atoms with Crippen molar-refractivity contribution in [1.82, 2.24) is 15.1 Å². The van der Waals surface area contributed by atoms with Crippen LogP contribution in [0.15, 0.2) is 17.5 Å². The fraction of sp³-hybridized carbons (Fsp3) is 0.533. The smallest absolute Gasteiger partial charge is 0.410 e. The lowest BCUT2D eigenvalue weighted by molar-refractivity contribution is 0.0169. The van der Waals surface area contributed by atoms with Gasteiger partial charge in [0.25, 0.3) is 5.91 Å². The van der Waals surface area contributed by atoms with Gasteiger partial charge in [0.05, 0.1) is 4.88 Å². The van der Waals surface area contributed by atoms with Gasteiger partial charge in [0.2, 0.25) is 0 Å². The number of amides is 4. The summed E-state index contributed by atoms with van der Waals surface area (Å²) in [7, 11) is 0. The van der Waals surface area contributed by atoms with E-state index in [-0.39, 0.29) is 6.09 Å². The summed E-state index contributed by atoms with van der Waals surface area (Å²) in [6.45, 7) is 6.93. The number of carbonyl (C=O) groups is 3. The van der Waals surface area contributed by atoms with E-state index in [2.05, 4.69) is 5.32 Å². The molecule has 8 heteroatoms. The molecule has 126 valence electrons. The van der Waals surface area contributed by atoms with Crippen molar-refractivity contribution in [2.75, 3.05) is 26.2 Å². The van der Waals surface area contributed by atoms with E-state index < -0.39 is 17.5 Å². The van der Waals surface area contributed by atoms with E-state index in [1.807, 2.05) is 20.8 Å². The summed E-state index contributed by atoms with van der Waals surface area (Å²) >= 11 is 1.28. The molecule has 0 atom stereocenters. The van der Waals surface area contributed by atoms with Crippen molar-refractivity contribution in [2.24, 2.45) is 0 Å². The maximum atomic E-state index is 12.1. The van der Waals surface area contributed by atoms with Gasteiger partial charge in [-0.15, -0.1) is 11.3 Å². The average molecular weight is 339 g/mol. The van der Waals surface area contributed by atoms with E-state index in [9.17, 15) is 14.4 Å². The number of urea groups is 1. The molecule has 1 aliphatic heterocycles. The first-order valence-electron chi connectivity index (χ1n) is 7.38. The van der Waals surface area contributed by atoms with Gasteiger partial charge >= 0.3 is 12.1 Å². The summed E-state index contributed by atoms with van der Waals surface area (Å²) in [5, 5.41) is 4.13. The Hall–Kier alpha value is -2.09. The molecule has 0 aromatic carbocycles. The summed E-state index contributed by atoms with van der Waals surface area (Å²) in [5.74, 6) is -0.403. The standard InChI is InChI=1S/C15H21N3O4S/c1-15(2,3)22-14(21)18-8-6-17(7-9-18)13(20)16-12(19)11-5-4-10-23-11/h4-5,10H,6-9H2,1-3H3,(H,16,19,20). The molecule has 0 bridgehead atoms. The van der Waals surface area contributed by atoms with Crippen LogP contribution in [0.1, 0.15) is 30.4 Å². The van der Waals surface area contributed by atoms with E-state index in [1.165, 1.54) is 16.2 Å². The van der Waals surface area contributed by atoms with Crippen LogP contribution in [0.2, 0.25) is 0 Å². The van der Waals surface area contributed by atoms with Crippen LogP contribution < -0.4 is 5.32 Å². The number of imide groups is 1. The largest absolute Gasteiger partial charge is 0.444 e. The first-order chi connectivity index (χ1) is 10.8. The highest BCUT2D eigenvalue weighted by Crippen LogP contribution is 2.12. The molecule has 1 fully saturated rings. The van der Waals surface area contributed by atoms with Crippen LogP contribution in [-0.2, 0) is 4.74 Å². The molecular formula is C15H21N3O4S. The second-order valence-electron chi connectivity index (χ2n) is 6.19. The topological polar surface area (TPSA) is 79.0 Å². The molecule has 0 radical (unpaired) electrons. The number of hydrogen-bond donors (Lipinski definition) is 1. The quantitative estimate of drug-likeness (QED) is 0.850. The second-order valence-corrected chi connectivity index (χ2v) is 7.14. The molecule has 7 nitrogen and oxygen atoms in total. The highest BCUT2D eigenvalue weighted by atomic mass is 32.1. The third-order valence-electron chi connectivity index (χ3n) is 3.18. The van der Waals surface area contributed by atoms with Crippen molar-refractivity contribution in [1.29, 1.82) is 0 Å². The molecule has 2 rings (SSSR count). The van der Waals surface area contributed by atoms with Crippen molar-refractivity contribution in [3.05, 3.63) is 22.4 Å². The minimum Gasteiger partial charge on any atom is -0.444 e. The van der Waals surface area contributed by atoms with Gasteiger partial charge in [-0.25, -0.2) is 9.59 Å². The van der Waals surface area contributed by atoms with Gasteiger partial charge in [0.1, 0.15) is 5.60 Å². The summed E-state index contributed by atoms with van der Waals surface area (Å²) < 4.78 is 5.30. The number of nitrogens with one attached hydrogen (secondary N) is 1. The van der Waals surface area contributed by atoms with Crippen molar-refractivity contribution < 1.29 is 19.1 Å². The zero-order valence-corrected chi connectivity index (χ0v) is 14.3. The zero-order valence-electron chi connectivity index (χ0n) is 13.5. The first kappa shape index (κ1) is 17.3. The Bertz CT molecular complexity index is 572. The number of ether oxygens (including phenoxy) is 1. The number of piperazine rings is 1. The van der Waals surface area contributed by atoms with Gasteiger partial charge in [0.15, 0.2) is 0 Å². The van der Waals surface area contributed by atoms with Crippen molar-refractivity contribution in [3.8, 4) is 0 Å². The summed E-state index contributed by atoms with van der Waals surface area (Å²) in [4.78, 5) is 39.5. The van der Waals surface area contributed by atoms with Crippen molar-refractivity contribution in [3.63, 3.8) is 0 Å². The van der Waals surface area contributed by atoms with Gasteiger partial charge in [-0.05, 0) is 32.2 Å². The van der Waals surface area contributed by atoms with Crippen molar-refractivity contribution in [2.45, 2.75) is 26.4 Å². The maximum Gasteiger partial charge on any atom is 0.410 e. The van der Waals surface area contributed by atoms with Crippen LogP contribution in [-0.4, -0.2) is 59.6 Å². The minimum atomic E-state index is -0.543. The lowest BCUT2D eigenvalue weighted by Crippen LogP contribution is -2.54. The highest BCUT2D eigenvalue weighted by Gasteiger charge is 2.28. The molecule has 4 amide bonds. The Labute approximate surface area is 139 Å². The number of thiophene rings is 1. The SMILES string of the molecule is CC(C)(C)OC(=O)N1CCN(C(=O)NC(=O)c2cccs2)CC1. The van der Waals surface area contributed by atoms with Crippen LogP contribution in [0.3, 0.4) is 0 Å². The molecule has 0 aliphatic carbocycles. The second kappa shape index (κ2) is 6.99. The molecule has 23 heavy (non-hydrogen) atoms. The zero-order chi connectivity index (χ0) is 17.0. The van der Waals surface area contributed by atoms with E-state index in [0.717, 1.165) is 0 Å². The van der Waals surface area contributed by atoms with E-state index in [1.54, 1.807) is 22.4 Å². The fourth-order valence-corrected chi connectivity index (χ4v) is 2.68. The van der Waals surface area contributed by atoms with Crippen LogP contribution >= 0.6 is 11.3 Å². The molecule has 1 aromatic heterocycles. The van der Waals surface area contributed by atoms with Gasteiger partial charge in [-0.1, -0.05) is 6.07 Å². The molecule has 1 saturated heterocycles. The van der Waals surface area contributed by atoms with E-state index in [4.69, 9.17) is 4.74 Å². The first-order valence-corrected chi connectivity index (χ1v) is 8.26. The number of nitrogens with zero attached hydrogens (tertiary/aromatic N) is 2. The van der Waals surface area contributed by atoms with Gasteiger partial charge in [-0.3, -0.25) is 10.1 Å². The van der Waals surface area contributed by atoms with Crippen LogP contribution in [0.4, 0.5) is 9.59 Å². The maximum absolute atomic E-state index is 12.1.